The molecule has 1 atom stereocenters. The normalized spacial score (nSPS) is 29.2. The minimum absolute atomic E-state index is 0.105. The summed E-state index contributed by atoms with van der Waals surface area (Å²) in [7, 11) is 0. The van der Waals surface area contributed by atoms with Gasteiger partial charge in [0.2, 0.25) is 0 Å². The van der Waals surface area contributed by atoms with Crippen LogP contribution in [0.15, 0.2) is 18.3 Å². The van der Waals surface area contributed by atoms with Crippen molar-refractivity contribution in [3.63, 3.8) is 0 Å². The van der Waals surface area contributed by atoms with E-state index in [4.69, 9.17) is 4.74 Å². The Hall–Kier alpha value is -1.42. The smallest absolute Gasteiger partial charge is 0.310 e. The first-order chi connectivity index (χ1) is 9.20. The number of hydrogen-bond acceptors (Lipinski definition) is 4. The molecule has 3 aliphatic heterocycles. The summed E-state index contributed by atoms with van der Waals surface area (Å²) >= 11 is 0. The number of hydrogen-bond donors (Lipinski definition) is 0. The lowest BCUT2D eigenvalue weighted by molar-refractivity contribution is -0.157. The molecule has 1 aromatic rings. The molecule has 4 nitrogen and oxygen atoms in total. The number of fused-ring (bicyclic) bond motifs is 3. The van der Waals surface area contributed by atoms with E-state index in [1.54, 1.807) is 6.20 Å². The second-order valence-corrected chi connectivity index (χ2v) is 5.65. The lowest BCUT2D eigenvalue weighted by Crippen LogP contribution is -2.52. The molecular formula is C15H20N2O2. The van der Waals surface area contributed by atoms with Crippen LogP contribution in [0.5, 0.6) is 0 Å². The van der Waals surface area contributed by atoms with Gasteiger partial charge in [-0.2, -0.15) is 0 Å². The highest BCUT2D eigenvalue weighted by molar-refractivity contribution is 5.72. The zero-order chi connectivity index (χ0) is 13.2. The van der Waals surface area contributed by atoms with E-state index >= 15 is 0 Å². The maximum atomic E-state index is 12.0. The van der Waals surface area contributed by atoms with Crippen LogP contribution >= 0.6 is 0 Å². The number of nitrogens with zero attached hydrogens (tertiary/aromatic N) is 2. The Morgan fingerprint density at radius 3 is 2.79 bits per heavy atom. The summed E-state index contributed by atoms with van der Waals surface area (Å²) in [6.45, 7) is 5.19. The molecule has 0 radical (unpaired) electrons. The molecule has 0 amide bonds. The van der Waals surface area contributed by atoms with E-state index in [2.05, 4.69) is 9.88 Å². The predicted octanol–water partition coefficient (Wildman–Crippen LogP) is 1.57. The molecule has 3 saturated heterocycles. The van der Waals surface area contributed by atoms with Crippen LogP contribution in [-0.2, 0) is 16.0 Å². The standard InChI is InChI=1S/C15H20N2O2/c1-11-2-3-12(9-16-11)8-15(18)19-14-10-17-6-4-13(14)5-7-17/h2-3,9,13-14H,4-8,10H2,1H3/t14-/m0/s1. The molecule has 4 heteroatoms. The first-order valence-corrected chi connectivity index (χ1v) is 7.04. The topological polar surface area (TPSA) is 42.4 Å². The lowest BCUT2D eigenvalue weighted by Gasteiger charge is -2.43. The summed E-state index contributed by atoms with van der Waals surface area (Å²) in [5.41, 5.74) is 1.89. The van der Waals surface area contributed by atoms with Crippen LogP contribution in [0.3, 0.4) is 0 Å². The van der Waals surface area contributed by atoms with E-state index in [0.29, 0.717) is 12.3 Å². The fraction of sp³-hybridized carbons (Fsp3) is 0.600. The van der Waals surface area contributed by atoms with Gasteiger partial charge < -0.3 is 4.74 Å². The van der Waals surface area contributed by atoms with E-state index in [1.165, 1.54) is 25.9 Å². The molecular weight excluding hydrogens is 240 g/mol. The van der Waals surface area contributed by atoms with E-state index in [1.807, 2.05) is 19.1 Å². The first kappa shape index (κ1) is 12.6. The minimum Gasteiger partial charge on any atom is -0.460 e. The number of esters is 1. The third-order valence-corrected chi connectivity index (χ3v) is 4.20. The molecule has 0 unspecified atom stereocenters. The molecule has 4 heterocycles. The Morgan fingerprint density at radius 1 is 1.42 bits per heavy atom. The van der Waals surface area contributed by atoms with Crippen molar-refractivity contribution < 1.29 is 9.53 Å². The van der Waals surface area contributed by atoms with Crippen molar-refractivity contribution in [2.24, 2.45) is 5.92 Å². The molecule has 3 aliphatic rings. The molecule has 19 heavy (non-hydrogen) atoms. The zero-order valence-electron chi connectivity index (χ0n) is 11.3. The van der Waals surface area contributed by atoms with Crippen molar-refractivity contribution in [2.45, 2.75) is 32.3 Å². The van der Waals surface area contributed by atoms with E-state index in [9.17, 15) is 4.79 Å². The molecule has 0 N–H and O–H groups in total. The predicted molar refractivity (Wildman–Crippen MR) is 71.7 cm³/mol. The molecule has 0 saturated carbocycles. The van der Waals surface area contributed by atoms with E-state index in [0.717, 1.165) is 17.8 Å². The van der Waals surface area contributed by atoms with Crippen LogP contribution in [0, 0.1) is 12.8 Å². The van der Waals surface area contributed by atoms with Crippen LogP contribution < -0.4 is 0 Å². The second-order valence-electron chi connectivity index (χ2n) is 5.65. The number of pyridine rings is 1. The fourth-order valence-electron chi connectivity index (χ4n) is 3.02. The van der Waals surface area contributed by atoms with Gasteiger partial charge >= 0.3 is 5.97 Å². The van der Waals surface area contributed by atoms with Crippen molar-refractivity contribution in [3.05, 3.63) is 29.6 Å². The van der Waals surface area contributed by atoms with Gasteiger partial charge in [-0.1, -0.05) is 6.07 Å². The van der Waals surface area contributed by atoms with Crippen molar-refractivity contribution >= 4 is 5.97 Å². The highest BCUT2D eigenvalue weighted by Gasteiger charge is 2.36. The first-order valence-electron chi connectivity index (χ1n) is 7.04. The number of aromatic nitrogens is 1. The number of piperidine rings is 3. The molecule has 0 aromatic carbocycles. The highest BCUT2D eigenvalue weighted by Crippen LogP contribution is 2.29. The third-order valence-electron chi connectivity index (χ3n) is 4.20. The van der Waals surface area contributed by atoms with Crippen molar-refractivity contribution in [1.82, 2.24) is 9.88 Å². The van der Waals surface area contributed by atoms with Crippen LogP contribution in [0.4, 0.5) is 0 Å². The highest BCUT2D eigenvalue weighted by atomic mass is 16.5. The largest absolute Gasteiger partial charge is 0.460 e. The van der Waals surface area contributed by atoms with Crippen molar-refractivity contribution in [3.8, 4) is 0 Å². The van der Waals surface area contributed by atoms with Crippen LogP contribution in [-0.4, -0.2) is 41.6 Å². The Balaban J connectivity index is 1.55. The maximum Gasteiger partial charge on any atom is 0.310 e. The Kier molecular flexibility index (Phi) is 3.51. The van der Waals surface area contributed by atoms with Gasteiger partial charge in [-0.15, -0.1) is 0 Å². The minimum atomic E-state index is -0.121. The number of ether oxygens (including phenoxy) is 1. The van der Waals surface area contributed by atoms with Gasteiger partial charge in [0.05, 0.1) is 6.42 Å². The fourth-order valence-corrected chi connectivity index (χ4v) is 3.02. The number of rotatable bonds is 3. The summed E-state index contributed by atoms with van der Waals surface area (Å²) in [6, 6.07) is 3.87. The molecule has 0 aliphatic carbocycles. The molecule has 2 bridgehead atoms. The van der Waals surface area contributed by atoms with Gasteiger partial charge in [-0.25, -0.2) is 0 Å². The van der Waals surface area contributed by atoms with Crippen molar-refractivity contribution in [2.75, 3.05) is 19.6 Å². The molecule has 4 rings (SSSR count). The Bertz CT molecular complexity index is 450. The lowest BCUT2D eigenvalue weighted by atomic mass is 9.86. The average molecular weight is 260 g/mol. The van der Waals surface area contributed by atoms with Gasteiger partial charge in [0.15, 0.2) is 0 Å². The Morgan fingerprint density at radius 2 is 2.21 bits per heavy atom. The van der Waals surface area contributed by atoms with Gasteiger partial charge in [0.1, 0.15) is 6.10 Å². The zero-order valence-corrected chi connectivity index (χ0v) is 11.3. The number of carbonyl (C=O) groups is 1. The summed E-state index contributed by atoms with van der Waals surface area (Å²) < 4.78 is 5.65. The third kappa shape index (κ3) is 2.95. The van der Waals surface area contributed by atoms with Crippen LogP contribution in [0.2, 0.25) is 0 Å². The number of aryl methyl sites for hydroxylation is 1. The average Bonchev–Trinajstić information content (AvgIpc) is 2.43. The summed E-state index contributed by atoms with van der Waals surface area (Å²) in [5.74, 6) is 0.453. The molecule has 0 spiro atoms. The van der Waals surface area contributed by atoms with Crippen LogP contribution in [0.25, 0.3) is 0 Å². The van der Waals surface area contributed by atoms with Gasteiger partial charge in [-0.3, -0.25) is 14.7 Å². The van der Waals surface area contributed by atoms with Crippen molar-refractivity contribution in [1.29, 1.82) is 0 Å². The number of carbonyl (C=O) groups excluding carboxylic acids is 1. The molecule has 3 fully saturated rings. The Labute approximate surface area is 113 Å². The van der Waals surface area contributed by atoms with E-state index in [-0.39, 0.29) is 12.1 Å². The van der Waals surface area contributed by atoms with Crippen LogP contribution in [0.1, 0.15) is 24.1 Å². The quantitative estimate of drug-likeness (QED) is 0.774. The molecule has 1 aromatic heterocycles. The molecule has 102 valence electrons. The van der Waals surface area contributed by atoms with Gasteiger partial charge in [-0.05, 0) is 50.4 Å². The van der Waals surface area contributed by atoms with Gasteiger partial charge in [0, 0.05) is 18.4 Å². The van der Waals surface area contributed by atoms with Gasteiger partial charge in [0.25, 0.3) is 0 Å². The monoisotopic (exact) mass is 260 g/mol. The SMILES string of the molecule is Cc1ccc(CC(=O)O[C@H]2CN3CCC2CC3)cn1. The summed E-state index contributed by atoms with van der Waals surface area (Å²) in [4.78, 5) is 18.6. The maximum absolute atomic E-state index is 12.0. The second kappa shape index (κ2) is 5.29. The van der Waals surface area contributed by atoms with E-state index < -0.39 is 0 Å². The summed E-state index contributed by atoms with van der Waals surface area (Å²) in [5, 5.41) is 0. The summed E-state index contributed by atoms with van der Waals surface area (Å²) in [6.07, 6.45) is 4.53.